The van der Waals surface area contributed by atoms with E-state index in [9.17, 15) is 14.4 Å². The Bertz CT molecular complexity index is 1250. The molecule has 0 bridgehead atoms. The van der Waals surface area contributed by atoms with E-state index in [-0.39, 0.29) is 17.6 Å². The van der Waals surface area contributed by atoms with Gasteiger partial charge in [-0.15, -0.1) is 0 Å². The van der Waals surface area contributed by atoms with E-state index < -0.39 is 6.03 Å². The normalized spacial score (nSPS) is 15.7. The predicted octanol–water partition coefficient (Wildman–Crippen LogP) is 2.81. The Morgan fingerprint density at radius 2 is 2.08 bits per heavy atom. The number of carbonyl (C=O) groups excluding carboxylic acids is 3. The number of pyridine rings is 2. The number of rotatable bonds is 7. The van der Waals surface area contributed by atoms with Crippen LogP contribution >= 0.6 is 0 Å². The summed E-state index contributed by atoms with van der Waals surface area (Å²) in [4.78, 5) is 50.8. The summed E-state index contributed by atoms with van der Waals surface area (Å²) < 4.78 is 0. The molecule has 1 aliphatic carbocycles. The molecule has 194 valence electrons. The number of hydrogen-bond donors (Lipinski definition) is 2. The number of anilines is 3. The molecule has 2 aromatic rings. The molecule has 4 rings (SSSR count). The first-order chi connectivity index (χ1) is 17.7. The van der Waals surface area contributed by atoms with E-state index in [1.165, 1.54) is 4.90 Å². The second-order valence-corrected chi connectivity index (χ2v) is 9.83. The van der Waals surface area contributed by atoms with Crippen molar-refractivity contribution in [1.82, 2.24) is 19.8 Å². The number of nitrogens with one attached hydrogen (secondary N) is 2. The second-order valence-electron chi connectivity index (χ2n) is 9.83. The zero-order chi connectivity index (χ0) is 26.5. The first kappa shape index (κ1) is 26.1. The number of nitrogens with zero attached hydrogens (tertiary/aromatic N) is 5. The van der Waals surface area contributed by atoms with Gasteiger partial charge in [0.2, 0.25) is 5.91 Å². The molecule has 2 aliphatic rings. The molecular weight excluding hydrogens is 470 g/mol. The van der Waals surface area contributed by atoms with Crippen molar-refractivity contribution < 1.29 is 14.4 Å². The van der Waals surface area contributed by atoms with E-state index in [2.05, 4.69) is 32.4 Å². The van der Waals surface area contributed by atoms with Crippen LogP contribution in [0, 0.1) is 17.8 Å². The summed E-state index contributed by atoms with van der Waals surface area (Å²) in [5.41, 5.74) is 2.43. The highest BCUT2D eigenvalue weighted by molar-refractivity contribution is 6.00. The van der Waals surface area contributed by atoms with Gasteiger partial charge in [-0.05, 0) is 39.8 Å². The van der Waals surface area contributed by atoms with Crippen LogP contribution in [0.5, 0.6) is 0 Å². The molecule has 0 unspecified atom stereocenters. The van der Waals surface area contributed by atoms with E-state index in [1.807, 2.05) is 25.8 Å². The van der Waals surface area contributed by atoms with Crippen LogP contribution in [-0.2, 0) is 11.3 Å². The lowest BCUT2D eigenvalue weighted by atomic mass is 10.1. The zero-order valence-corrected chi connectivity index (χ0v) is 21.7. The Kier molecular flexibility index (Phi) is 8.04. The maximum absolute atomic E-state index is 13.0. The van der Waals surface area contributed by atoms with Crippen LogP contribution in [0.2, 0.25) is 0 Å². The minimum atomic E-state index is -0.453. The molecule has 3 heterocycles. The van der Waals surface area contributed by atoms with Crippen molar-refractivity contribution in [3.63, 3.8) is 0 Å². The van der Waals surface area contributed by atoms with Crippen molar-refractivity contribution in [3.05, 3.63) is 41.2 Å². The van der Waals surface area contributed by atoms with Crippen molar-refractivity contribution in [2.45, 2.75) is 39.3 Å². The molecule has 10 nitrogen and oxygen atoms in total. The van der Waals surface area contributed by atoms with Gasteiger partial charge in [-0.25, -0.2) is 14.8 Å². The molecule has 1 aliphatic heterocycles. The Labute approximate surface area is 217 Å². The van der Waals surface area contributed by atoms with Crippen LogP contribution in [0.4, 0.5) is 22.1 Å². The van der Waals surface area contributed by atoms with Crippen LogP contribution in [0.3, 0.4) is 0 Å². The van der Waals surface area contributed by atoms with Crippen LogP contribution < -0.4 is 15.5 Å². The largest absolute Gasteiger partial charge is 0.382 e. The molecule has 10 heteroatoms. The van der Waals surface area contributed by atoms with Crippen molar-refractivity contribution in [2.24, 2.45) is 5.92 Å². The van der Waals surface area contributed by atoms with E-state index in [4.69, 9.17) is 0 Å². The highest BCUT2D eigenvalue weighted by Crippen LogP contribution is 2.28. The highest BCUT2D eigenvalue weighted by atomic mass is 16.2. The molecule has 3 amide bonds. The predicted molar refractivity (Wildman–Crippen MR) is 143 cm³/mol. The number of piperazine rings is 1. The lowest BCUT2D eigenvalue weighted by molar-refractivity contribution is -0.136. The fourth-order valence-corrected chi connectivity index (χ4v) is 3.87. The van der Waals surface area contributed by atoms with Crippen LogP contribution in [0.15, 0.2) is 24.4 Å². The van der Waals surface area contributed by atoms with Crippen molar-refractivity contribution in [2.75, 3.05) is 49.3 Å². The van der Waals surface area contributed by atoms with Gasteiger partial charge in [-0.3, -0.25) is 24.7 Å². The number of aldehydes is 1. The lowest BCUT2D eigenvalue weighted by Gasteiger charge is -2.32. The lowest BCUT2D eigenvalue weighted by Crippen LogP contribution is -2.48. The molecule has 0 radical (unpaired) electrons. The van der Waals surface area contributed by atoms with E-state index in [0.29, 0.717) is 49.0 Å². The highest BCUT2D eigenvalue weighted by Gasteiger charge is 2.23. The first-order valence-corrected chi connectivity index (χ1v) is 12.5. The summed E-state index contributed by atoms with van der Waals surface area (Å²) >= 11 is 0. The van der Waals surface area contributed by atoms with Crippen LogP contribution in [0.25, 0.3) is 0 Å². The third-order valence-corrected chi connectivity index (χ3v) is 6.20. The summed E-state index contributed by atoms with van der Waals surface area (Å²) in [6, 6.07) is 4.89. The number of hydrogen-bond acceptors (Lipinski definition) is 7. The summed E-state index contributed by atoms with van der Waals surface area (Å²) in [7, 11) is 3.47. The number of likely N-dealkylation sites (N-methyl/N-ethyl adjacent to an activating group) is 1. The van der Waals surface area contributed by atoms with Crippen molar-refractivity contribution in [3.8, 4) is 11.8 Å². The third kappa shape index (κ3) is 6.83. The summed E-state index contributed by atoms with van der Waals surface area (Å²) in [5.74, 6) is 7.60. The summed E-state index contributed by atoms with van der Waals surface area (Å²) in [6.07, 6.45) is 4.59. The monoisotopic (exact) mass is 503 g/mol. The fourth-order valence-electron chi connectivity index (χ4n) is 3.87. The van der Waals surface area contributed by atoms with Gasteiger partial charge >= 0.3 is 6.03 Å². The van der Waals surface area contributed by atoms with E-state index >= 15 is 0 Å². The van der Waals surface area contributed by atoms with Gasteiger partial charge in [0.25, 0.3) is 0 Å². The minimum Gasteiger partial charge on any atom is -0.382 e. The maximum atomic E-state index is 13.0. The van der Waals surface area contributed by atoms with Gasteiger partial charge < -0.3 is 10.2 Å². The first-order valence-electron chi connectivity index (χ1n) is 12.5. The molecular formula is C27H33N7O3. The summed E-state index contributed by atoms with van der Waals surface area (Å²) in [6.45, 7) is 6.07. The second kappa shape index (κ2) is 11.4. The van der Waals surface area contributed by atoms with E-state index in [1.54, 1.807) is 36.3 Å². The number of urea groups is 1. The smallest absolute Gasteiger partial charge is 0.328 e. The van der Waals surface area contributed by atoms with Gasteiger partial charge in [0.1, 0.15) is 17.3 Å². The number of carbonyl (C=O) groups is 3. The molecule has 0 spiro atoms. The van der Waals surface area contributed by atoms with E-state index in [0.717, 1.165) is 30.6 Å². The third-order valence-electron chi connectivity index (χ3n) is 6.20. The summed E-state index contributed by atoms with van der Waals surface area (Å²) in [5, 5.41) is 6.15. The average Bonchev–Trinajstić information content (AvgIpc) is 3.69. The van der Waals surface area contributed by atoms with Crippen LogP contribution in [0.1, 0.15) is 48.3 Å². The van der Waals surface area contributed by atoms with Crippen LogP contribution in [-0.4, -0.2) is 77.8 Å². The molecule has 0 atom stereocenters. The quantitative estimate of drug-likeness (QED) is 0.442. The number of amides is 3. The molecule has 2 fully saturated rings. The molecule has 2 N–H and O–H groups in total. The van der Waals surface area contributed by atoms with Crippen molar-refractivity contribution in [1.29, 1.82) is 0 Å². The zero-order valence-electron chi connectivity index (χ0n) is 21.7. The topological polar surface area (TPSA) is 111 Å². The fraction of sp³-hybridized carbons (Fsp3) is 0.444. The van der Waals surface area contributed by atoms with Gasteiger partial charge in [0.15, 0.2) is 6.29 Å². The van der Waals surface area contributed by atoms with Gasteiger partial charge in [0.05, 0.1) is 17.8 Å². The Hall–Kier alpha value is -3.97. The van der Waals surface area contributed by atoms with Gasteiger partial charge in [-0.1, -0.05) is 17.9 Å². The molecule has 0 aromatic carbocycles. The van der Waals surface area contributed by atoms with Gasteiger partial charge in [-0.2, -0.15) is 0 Å². The molecule has 1 saturated heterocycles. The Morgan fingerprint density at radius 1 is 1.30 bits per heavy atom. The molecule has 2 aromatic heterocycles. The molecule has 1 saturated carbocycles. The molecule has 37 heavy (non-hydrogen) atoms. The maximum Gasteiger partial charge on any atom is 0.328 e. The van der Waals surface area contributed by atoms with Gasteiger partial charge in [0, 0.05) is 56.5 Å². The number of aromatic nitrogens is 2. The SMILES string of the molecule is CC(C)Nc1cc(NC(=O)N(C)c2ccc(CN3CCN(C)CC3=O)c(C=O)n2)ncc1C#CC1CC1. The Balaban J connectivity index is 1.46. The standard InChI is InChI=1S/C27H33N7O3/c1-18(2)29-22-13-24(28-14-20(22)8-7-19-5-6-19)31-27(37)33(4)25-10-9-21(23(17-35)30-25)15-34-12-11-32(3)16-26(34)36/h9-10,13-14,17-19H,5-6,11-12,15-16H2,1-4H3,(H2,28,29,31,37). The van der Waals surface area contributed by atoms with Crippen molar-refractivity contribution >= 4 is 35.5 Å². The minimum absolute atomic E-state index is 0.00883. The average molecular weight is 504 g/mol. The Morgan fingerprint density at radius 3 is 2.76 bits per heavy atom.